The molecule has 3 nitrogen and oxygen atoms in total. The number of hydrogen-bond acceptors (Lipinski definition) is 2. The zero-order valence-corrected chi connectivity index (χ0v) is 11.1. The van der Waals surface area contributed by atoms with E-state index in [1.54, 1.807) is 0 Å². The van der Waals surface area contributed by atoms with E-state index in [4.69, 9.17) is 5.73 Å². The zero-order chi connectivity index (χ0) is 12.4. The number of hydrogen-bond donors (Lipinski definition) is 2. The van der Waals surface area contributed by atoms with Crippen molar-refractivity contribution in [2.24, 2.45) is 11.1 Å². The van der Waals surface area contributed by atoms with Crippen molar-refractivity contribution in [3.05, 3.63) is 0 Å². The van der Waals surface area contributed by atoms with Gasteiger partial charge in [-0.1, -0.05) is 46.5 Å². The normalized spacial score (nSPS) is 11.5. The van der Waals surface area contributed by atoms with E-state index in [1.165, 1.54) is 25.7 Å². The second-order valence-corrected chi connectivity index (χ2v) is 5.31. The molecule has 0 aromatic rings. The number of carbonyl (C=O) groups is 1. The van der Waals surface area contributed by atoms with Crippen LogP contribution in [-0.2, 0) is 4.79 Å². The van der Waals surface area contributed by atoms with Crippen molar-refractivity contribution < 1.29 is 4.79 Å². The van der Waals surface area contributed by atoms with E-state index in [-0.39, 0.29) is 11.3 Å². The summed E-state index contributed by atoms with van der Waals surface area (Å²) < 4.78 is 0. The third kappa shape index (κ3) is 8.72. The van der Waals surface area contributed by atoms with Crippen LogP contribution in [0.2, 0.25) is 0 Å². The SMILES string of the molecule is CCCCCCCC(=O)NCC(C)(C)CN. The lowest BCUT2D eigenvalue weighted by molar-refractivity contribution is -0.121. The van der Waals surface area contributed by atoms with Crippen LogP contribution in [0.4, 0.5) is 0 Å². The van der Waals surface area contributed by atoms with Crippen molar-refractivity contribution in [2.45, 2.75) is 59.3 Å². The van der Waals surface area contributed by atoms with Gasteiger partial charge in [0.1, 0.15) is 0 Å². The molecule has 0 spiro atoms. The summed E-state index contributed by atoms with van der Waals surface area (Å²) in [6.07, 6.45) is 6.61. The van der Waals surface area contributed by atoms with Gasteiger partial charge in [0.05, 0.1) is 0 Å². The average Bonchev–Trinajstić information content (AvgIpc) is 2.26. The van der Waals surface area contributed by atoms with Gasteiger partial charge < -0.3 is 11.1 Å². The Labute approximate surface area is 100 Å². The van der Waals surface area contributed by atoms with Crippen molar-refractivity contribution in [1.82, 2.24) is 5.32 Å². The fourth-order valence-electron chi connectivity index (χ4n) is 1.39. The largest absolute Gasteiger partial charge is 0.356 e. The van der Waals surface area contributed by atoms with Crippen molar-refractivity contribution >= 4 is 5.91 Å². The van der Waals surface area contributed by atoms with E-state index in [9.17, 15) is 4.79 Å². The van der Waals surface area contributed by atoms with Crippen LogP contribution in [0.1, 0.15) is 59.3 Å². The van der Waals surface area contributed by atoms with Crippen LogP contribution in [0.25, 0.3) is 0 Å². The van der Waals surface area contributed by atoms with Crippen molar-refractivity contribution in [3.8, 4) is 0 Å². The highest BCUT2D eigenvalue weighted by molar-refractivity contribution is 5.75. The Morgan fingerprint density at radius 1 is 1.19 bits per heavy atom. The molecule has 0 aliphatic rings. The molecular weight excluding hydrogens is 200 g/mol. The number of unbranched alkanes of at least 4 members (excludes halogenated alkanes) is 4. The summed E-state index contributed by atoms with van der Waals surface area (Å²) in [6, 6.07) is 0. The van der Waals surface area contributed by atoms with Crippen LogP contribution in [0.5, 0.6) is 0 Å². The number of rotatable bonds is 9. The van der Waals surface area contributed by atoms with Crippen molar-refractivity contribution in [2.75, 3.05) is 13.1 Å². The molecule has 0 rings (SSSR count). The molecule has 1 amide bonds. The lowest BCUT2D eigenvalue weighted by Crippen LogP contribution is -2.38. The maximum Gasteiger partial charge on any atom is 0.220 e. The minimum Gasteiger partial charge on any atom is -0.356 e. The fraction of sp³-hybridized carbons (Fsp3) is 0.923. The van der Waals surface area contributed by atoms with Gasteiger partial charge >= 0.3 is 0 Å². The van der Waals surface area contributed by atoms with E-state index in [1.807, 2.05) is 0 Å². The quantitative estimate of drug-likeness (QED) is 0.596. The minimum absolute atomic E-state index is 0.0118. The lowest BCUT2D eigenvalue weighted by Gasteiger charge is -2.22. The summed E-state index contributed by atoms with van der Waals surface area (Å²) in [4.78, 5) is 11.5. The van der Waals surface area contributed by atoms with E-state index >= 15 is 0 Å². The second kappa shape index (κ2) is 8.57. The van der Waals surface area contributed by atoms with Crippen molar-refractivity contribution in [3.63, 3.8) is 0 Å². The first kappa shape index (κ1) is 15.4. The molecule has 0 unspecified atom stereocenters. The predicted octanol–water partition coefficient (Wildman–Crippen LogP) is 2.45. The Kier molecular flexibility index (Phi) is 8.26. The Morgan fingerprint density at radius 3 is 2.38 bits per heavy atom. The van der Waals surface area contributed by atoms with Gasteiger partial charge in [0.25, 0.3) is 0 Å². The summed E-state index contributed by atoms with van der Waals surface area (Å²) >= 11 is 0. The standard InChI is InChI=1S/C13H28N2O/c1-4-5-6-7-8-9-12(16)15-11-13(2,3)10-14/h4-11,14H2,1-3H3,(H,15,16). The molecule has 16 heavy (non-hydrogen) atoms. The van der Waals surface area contributed by atoms with E-state index in [0.717, 1.165) is 6.42 Å². The van der Waals surface area contributed by atoms with Gasteiger partial charge in [-0.25, -0.2) is 0 Å². The third-order valence-electron chi connectivity index (χ3n) is 2.82. The van der Waals surface area contributed by atoms with Crippen LogP contribution in [0.15, 0.2) is 0 Å². The van der Waals surface area contributed by atoms with E-state index < -0.39 is 0 Å². The maximum absolute atomic E-state index is 11.5. The molecule has 0 aromatic heterocycles. The Balaban J connectivity index is 3.45. The molecule has 0 aliphatic heterocycles. The maximum atomic E-state index is 11.5. The summed E-state index contributed by atoms with van der Waals surface area (Å²) in [6.45, 7) is 7.60. The first-order valence-electron chi connectivity index (χ1n) is 6.48. The van der Waals surface area contributed by atoms with Crippen LogP contribution in [0, 0.1) is 5.41 Å². The van der Waals surface area contributed by atoms with Gasteiger partial charge in [0.15, 0.2) is 0 Å². The van der Waals surface area contributed by atoms with Crippen LogP contribution >= 0.6 is 0 Å². The van der Waals surface area contributed by atoms with Crippen molar-refractivity contribution in [1.29, 1.82) is 0 Å². The average molecular weight is 228 g/mol. The first-order valence-corrected chi connectivity index (χ1v) is 6.48. The number of carbonyl (C=O) groups excluding carboxylic acids is 1. The van der Waals surface area contributed by atoms with Crippen LogP contribution in [-0.4, -0.2) is 19.0 Å². The van der Waals surface area contributed by atoms with Gasteiger partial charge in [0, 0.05) is 13.0 Å². The molecule has 0 saturated heterocycles. The summed E-state index contributed by atoms with van der Waals surface area (Å²) in [5.74, 6) is 0.165. The van der Waals surface area contributed by atoms with Gasteiger partial charge in [-0.15, -0.1) is 0 Å². The molecule has 0 atom stereocenters. The summed E-state index contributed by atoms with van der Waals surface area (Å²) in [7, 11) is 0. The van der Waals surface area contributed by atoms with E-state index in [2.05, 4.69) is 26.1 Å². The Morgan fingerprint density at radius 2 is 1.81 bits per heavy atom. The van der Waals surface area contributed by atoms with Crippen LogP contribution in [0.3, 0.4) is 0 Å². The molecule has 0 radical (unpaired) electrons. The Bertz CT molecular complexity index is 190. The number of nitrogens with two attached hydrogens (primary N) is 1. The lowest BCUT2D eigenvalue weighted by atomic mass is 9.94. The van der Waals surface area contributed by atoms with Gasteiger partial charge in [0.2, 0.25) is 5.91 Å². The molecule has 0 saturated carbocycles. The molecule has 3 N–H and O–H groups in total. The highest BCUT2D eigenvalue weighted by Gasteiger charge is 2.16. The Hall–Kier alpha value is -0.570. The predicted molar refractivity (Wildman–Crippen MR) is 69.2 cm³/mol. The molecule has 0 bridgehead atoms. The highest BCUT2D eigenvalue weighted by atomic mass is 16.1. The molecule has 0 fully saturated rings. The molecule has 0 heterocycles. The second-order valence-electron chi connectivity index (χ2n) is 5.31. The monoisotopic (exact) mass is 228 g/mol. The topological polar surface area (TPSA) is 55.1 Å². The molecular formula is C13H28N2O. The molecule has 96 valence electrons. The van der Waals surface area contributed by atoms with Gasteiger partial charge in [-0.3, -0.25) is 4.79 Å². The van der Waals surface area contributed by atoms with Gasteiger partial charge in [-0.2, -0.15) is 0 Å². The molecule has 3 heteroatoms. The molecule has 0 aliphatic carbocycles. The summed E-state index contributed by atoms with van der Waals surface area (Å²) in [5.41, 5.74) is 5.61. The number of nitrogens with one attached hydrogen (secondary N) is 1. The molecule has 0 aromatic carbocycles. The van der Waals surface area contributed by atoms with Crippen LogP contribution < -0.4 is 11.1 Å². The summed E-state index contributed by atoms with van der Waals surface area (Å²) in [5, 5.41) is 2.95. The fourth-order valence-corrected chi connectivity index (χ4v) is 1.39. The smallest absolute Gasteiger partial charge is 0.220 e. The third-order valence-corrected chi connectivity index (χ3v) is 2.82. The first-order chi connectivity index (χ1) is 7.52. The minimum atomic E-state index is 0.0118. The van der Waals surface area contributed by atoms with E-state index in [0.29, 0.717) is 19.5 Å². The highest BCUT2D eigenvalue weighted by Crippen LogP contribution is 2.10. The van der Waals surface area contributed by atoms with Gasteiger partial charge in [-0.05, 0) is 18.4 Å². The number of amides is 1. The zero-order valence-electron chi connectivity index (χ0n) is 11.1.